The van der Waals surface area contributed by atoms with Crippen LogP contribution in [0.5, 0.6) is 0 Å². The van der Waals surface area contributed by atoms with Crippen molar-refractivity contribution < 1.29 is 9.18 Å². The molecule has 4 nitrogen and oxygen atoms in total. The van der Waals surface area contributed by atoms with Crippen LogP contribution in [0, 0.1) is 12.7 Å². The highest BCUT2D eigenvalue weighted by Gasteiger charge is 2.07. The van der Waals surface area contributed by atoms with Crippen LogP contribution in [0.2, 0.25) is 0 Å². The topological polar surface area (TPSA) is 57.8 Å². The average Bonchev–Trinajstić information content (AvgIpc) is 2.98. The van der Waals surface area contributed by atoms with Gasteiger partial charge in [-0.25, -0.2) is 9.37 Å². The molecule has 0 saturated carbocycles. The van der Waals surface area contributed by atoms with Crippen molar-refractivity contribution in [1.29, 1.82) is 0 Å². The number of H-pyrrole nitrogens is 1. The molecule has 0 atom stereocenters. The van der Waals surface area contributed by atoms with Crippen molar-refractivity contribution in [3.05, 3.63) is 65.2 Å². The van der Waals surface area contributed by atoms with E-state index >= 15 is 0 Å². The van der Waals surface area contributed by atoms with Crippen LogP contribution in [0.1, 0.15) is 21.5 Å². The number of imidazole rings is 1. The highest BCUT2D eigenvalue weighted by molar-refractivity contribution is 5.97. The van der Waals surface area contributed by atoms with Gasteiger partial charge in [-0.1, -0.05) is 12.1 Å². The predicted molar refractivity (Wildman–Crippen MR) is 83.3 cm³/mol. The number of hydrogen-bond acceptors (Lipinski definition) is 2. The van der Waals surface area contributed by atoms with Gasteiger partial charge in [-0.2, -0.15) is 0 Å². The molecule has 3 aromatic rings. The van der Waals surface area contributed by atoms with Crippen molar-refractivity contribution in [3.63, 3.8) is 0 Å². The molecule has 3 rings (SSSR count). The summed E-state index contributed by atoms with van der Waals surface area (Å²) >= 11 is 0. The van der Waals surface area contributed by atoms with Crippen LogP contribution in [0.25, 0.3) is 11.0 Å². The molecule has 0 spiro atoms. The van der Waals surface area contributed by atoms with Gasteiger partial charge in [0.1, 0.15) is 5.82 Å². The standard InChI is InChI=1S/C17H16FN3O/c1-11-8-12(2-4-14(11)18)6-7-19-17(22)13-3-5-15-16(9-13)21-10-20-15/h2-5,8-10H,6-7H2,1H3,(H,19,22)(H,20,21). The SMILES string of the molecule is Cc1cc(CCNC(=O)c2ccc3nc[nH]c3c2)ccc1F. The summed E-state index contributed by atoms with van der Waals surface area (Å²) in [5.41, 5.74) is 3.88. The molecule has 22 heavy (non-hydrogen) atoms. The van der Waals surface area contributed by atoms with Crippen LogP contribution in [0.3, 0.4) is 0 Å². The van der Waals surface area contributed by atoms with E-state index in [1.807, 2.05) is 6.07 Å². The molecule has 0 radical (unpaired) electrons. The van der Waals surface area contributed by atoms with Crippen LogP contribution < -0.4 is 5.32 Å². The number of aryl methyl sites for hydroxylation is 1. The number of rotatable bonds is 4. The summed E-state index contributed by atoms with van der Waals surface area (Å²) in [7, 11) is 0. The van der Waals surface area contributed by atoms with E-state index in [4.69, 9.17) is 0 Å². The molecule has 1 aromatic heterocycles. The Balaban J connectivity index is 1.60. The summed E-state index contributed by atoms with van der Waals surface area (Å²) in [6, 6.07) is 10.3. The second-order valence-electron chi connectivity index (χ2n) is 5.22. The second-order valence-corrected chi connectivity index (χ2v) is 5.22. The number of hydrogen-bond donors (Lipinski definition) is 2. The Kier molecular flexibility index (Phi) is 3.87. The minimum absolute atomic E-state index is 0.129. The Bertz CT molecular complexity index is 826. The molecule has 0 fully saturated rings. The molecule has 0 aliphatic heterocycles. The lowest BCUT2D eigenvalue weighted by Gasteiger charge is -2.06. The lowest BCUT2D eigenvalue weighted by Crippen LogP contribution is -2.25. The summed E-state index contributed by atoms with van der Waals surface area (Å²) in [6.07, 6.45) is 2.27. The molecule has 0 aliphatic rings. The Morgan fingerprint density at radius 3 is 2.95 bits per heavy atom. The molecule has 0 aliphatic carbocycles. The normalized spacial score (nSPS) is 10.8. The van der Waals surface area contributed by atoms with E-state index in [2.05, 4.69) is 15.3 Å². The highest BCUT2D eigenvalue weighted by atomic mass is 19.1. The molecular weight excluding hydrogens is 281 g/mol. The van der Waals surface area contributed by atoms with E-state index < -0.39 is 0 Å². The van der Waals surface area contributed by atoms with Gasteiger partial charge in [0.25, 0.3) is 5.91 Å². The van der Waals surface area contributed by atoms with Gasteiger partial charge in [-0.3, -0.25) is 4.79 Å². The van der Waals surface area contributed by atoms with Gasteiger partial charge in [0.15, 0.2) is 0 Å². The summed E-state index contributed by atoms with van der Waals surface area (Å²) in [6.45, 7) is 2.24. The average molecular weight is 297 g/mol. The van der Waals surface area contributed by atoms with E-state index in [9.17, 15) is 9.18 Å². The van der Waals surface area contributed by atoms with Crippen LogP contribution in [-0.4, -0.2) is 22.4 Å². The summed E-state index contributed by atoms with van der Waals surface area (Å²) in [4.78, 5) is 19.2. The Labute approximate surface area is 127 Å². The first-order valence-corrected chi connectivity index (χ1v) is 7.10. The number of nitrogens with one attached hydrogen (secondary N) is 2. The van der Waals surface area contributed by atoms with E-state index in [1.54, 1.807) is 37.5 Å². The quantitative estimate of drug-likeness (QED) is 0.778. The summed E-state index contributed by atoms with van der Waals surface area (Å²) in [5, 5.41) is 2.87. The van der Waals surface area contributed by atoms with Gasteiger partial charge in [-0.05, 0) is 48.7 Å². The fourth-order valence-corrected chi connectivity index (χ4v) is 2.36. The molecule has 1 amide bonds. The molecule has 0 unspecified atom stereocenters. The number of benzene rings is 2. The monoisotopic (exact) mass is 297 g/mol. The Morgan fingerprint density at radius 1 is 1.27 bits per heavy atom. The first-order valence-electron chi connectivity index (χ1n) is 7.10. The van der Waals surface area contributed by atoms with Crippen molar-refractivity contribution in [3.8, 4) is 0 Å². The first-order chi connectivity index (χ1) is 10.6. The highest BCUT2D eigenvalue weighted by Crippen LogP contribution is 2.12. The van der Waals surface area contributed by atoms with Crippen molar-refractivity contribution >= 4 is 16.9 Å². The van der Waals surface area contributed by atoms with E-state index in [0.717, 1.165) is 16.6 Å². The maximum atomic E-state index is 13.2. The lowest BCUT2D eigenvalue weighted by molar-refractivity contribution is 0.0954. The molecule has 2 aromatic carbocycles. The van der Waals surface area contributed by atoms with Gasteiger partial charge in [0.05, 0.1) is 17.4 Å². The number of halogens is 1. The minimum atomic E-state index is -0.208. The molecule has 0 bridgehead atoms. The Morgan fingerprint density at radius 2 is 2.14 bits per heavy atom. The zero-order valence-corrected chi connectivity index (χ0v) is 12.2. The van der Waals surface area contributed by atoms with E-state index in [0.29, 0.717) is 24.1 Å². The maximum Gasteiger partial charge on any atom is 0.251 e. The number of fused-ring (bicyclic) bond motifs is 1. The number of amides is 1. The van der Waals surface area contributed by atoms with Gasteiger partial charge < -0.3 is 10.3 Å². The van der Waals surface area contributed by atoms with Crippen molar-refractivity contribution in [1.82, 2.24) is 15.3 Å². The third kappa shape index (κ3) is 2.98. The van der Waals surface area contributed by atoms with Crippen molar-refractivity contribution in [2.75, 3.05) is 6.54 Å². The molecule has 1 heterocycles. The molecule has 5 heteroatoms. The zero-order valence-electron chi connectivity index (χ0n) is 12.2. The van der Waals surface area contributed by atoms with Gasteiger partial charge >= 0.3 is 0 Å². The predicted octanol–water partition coefficient (Wildman–Crippen LogP) is 2.98. The summed E-state index contributed by atoms with van der Waals surface area (Å²) < 4.78 is 13.2. The largest absolute Gasteiger partial charge is 0.352 e. The molecule has 112 valence electrons. The zero-order chi connectivity index (χ0) is 15.5. The second kappa shape index (κ2) is 5.97. The van der Waals surface area contributed by atoms with Gasteiger partial charge in [0, 0.05) is 12.1 Å². The molecule has 2 N–H and O–H groups in total. The number of carbonyl (C=O) groups excluding carboxylic acids is 1. The van der Waals surface area contributed by atoms with Gasteiger partial charge in [0.2, 0.25) is 0 Å². The van der Waals surface area contributed by atoms with Gasteiger partial charge in [-0.15, -0.1) is 0 Å². The van der Waals surface area contributed by atoms with Crippen molar-refractivity contribution in [2.24, 2.45) is 0 Å². The smallest absolute Gasteiger partial charge is 0.251 e. The molecule has 0 saturated heterocycles. The number of aromatic amines is 1. The fraction of sp³-hybridized carbons (Fsp3) is 0.176. The number of carbonyl (C=O) groups is 1. The number of aromatic nitrogens is 2. The van der Waals surface area contributed by atoms with Crippen LogP contribution in [0.15, 0.2) is 42.7 Å². The third-order valence-electron chi connectivity index (χ3n) is 3.60. The third-order valence-corrected chi connectivity index (χ3v) is 3.60. The van der Waals surface area contributed by atoms with Crippen molar-refractivity contribution in [2.45, 2.75) is 13.3 Å². The van der Waals surface area contributed by atoms with E-state index in [1.165, 1.54) is 6.07 Å². The fourth-order valence-electron chi connectivity index (χ4n) is 2.36. The van der Waals surface area contributed by atoms with Crippen LogP contribution >= 0.6 is 0 Å². The first kappa shape index (κ1) is 14.3. The summed E-state index contributed by atoms with van der Waals surface area (Å²) in [5.74, 6) is -0.337. The minimum Gasteiger partial charge on any atom is -0.352 e. The number of nitrogens with zero attached hydrogens (tertiary/aromatic N) is 1. The maximum absolute atomic E-state index is 13.2. The Hall–Kier alpha value is -2.69. The molecular formula is C17H16FN3O. The van der Waals surface area contributed by atoms with Crippen LogP contribution in [-0.2, 0) is 6.42 Å². The van der Waals surface area contributed by atoms with E-state index in [-0.39, 0.29) is 11.7 Å². The lowest BCUT2D eigenvalue weighted by atomic mass is 10.1. The van der Waals surface area contributed by atoms with Crippen LogP contribution in [0.4, 0.5) is 4.39 Å².